The molecule has 0 radical (unpaired) electrons. The molecule has 0 spiro atoms. The van der Waals surface area contributed by atoms with Crippen LogP contribution in [0.2, 0.25) is 0 Å². The normalized spacial score (nSPS) is 17.1. The predicted octanol–water partition coefficient (Wildman–Crippen LogP) is 5.43. The highest BCUT2D eigenvalue weighted by atomic mass is 32.2. The van der Waals surface area contributed by atoms with Crippen LogP contribution in [0.25, 0.3) is 10.8 Å². The van der Waals surface area contributed by atoms with Crippen molar-refractivity contribution >= 4 is 38.3 Å². The van der Waals surface area contributed by atoms with Crippen molar-refractivity contribution in [2.45, 2.75) is 81.7 Å². The lowest BCUT2D eigenvalue weighted by Crippen LogP contribution is -2.52. The summed E-state index contributed by atoms with van der Waals surface area (Å²) >= 11 is 0. The summed E-state index contributed by atoms with van der Waals surface area (Å²) in [6.45, 7) is 2.59. The molecule has 0 aromatic heterocycles. The molecular weight excluding hydrogens is 522 g/mol. The van der Waals surface area contributed by atoms with Gasteiger partial charge in [-0.25, -0.2) is 8.42 Å². The number of benzene rings is 3. The SMILES string of the molecule is CC[C@H](C(=O)NC1CCCCC1)N(CCc1ccccc1)C(=O)CCCN1c2cccc3cccc(c23)S1(=O)=O. The van der Waals surface area contributed by atoms with Crippen LogP contribution in [0.15, 0.2) is 71.6 Å². The van der Waals surface area contributed by atoms with Crippen LogP contribution in [0.3, 0.4) is 0 Å². The topological polar surface area (TPSA) is 86.8 Å². The molecule has 8 heteroatoms. The third-order valence-electron chi connectivity index (χ3n) is 8.25. The Morgan fingerprint density at radius 2 is 1.70 bits per heavy atom. The van der Waals surface area contributed by atoms with E-state index in [1.54, 1.807) is 17.0 Å². The van der Waals surface area contributed by atoms with Crippen LogP contribution in [-0.2, 0) is 26.0 Å². The molecule has 1 fully saturated rings. The van der Waals surface area contributed by atoms with Gasteiger partial charge < -0.3 is 10.2 Å². The number of nitrogens with one attached hydrogen (secondary N) is 1. The Kier molecular flexibility index (Phi) is 8.74. The predicted molar refractivity (Wildman–Crippen MR) is 159 cm³/mol. The zero-order valence-corrected chi connectivity index (χ0v) is 24.0. The average Bonchev–Trinajstić information content (AvgIpc) is 3.19. The molecule has 3 aromatic carbocycles. The molecule has 0 unspecified atom stereocenters. The zero-order chi connectivity index (χ0) is 28.1. The second-order valence-corrected chi connectivity index (χ2v) is 12.7. The standard InChI is InChI=1S/C32H39N3O4S/c1-2-27(32(37)33-26-16-7-4-8-17-26)34(23-21-24-12-5-3-6-13-24)30(36)20-11-22-35-28-18-9-14-25-15-10-19-29(31(25)28)40(35,38)39/h3,5-6,9-10,12-15,18-19,26-27H,2,4,7-8,11,16-17,20-23H2,1H3,(H,33,37)/t27-/m1/s1. The number of anilines is 1. The highest BCUT2D eigenvalue weighted by Gasteiger charge is 2.36. The Morgan fingerprint density at radius 3 is 2.42 bits per heavy atom. The van der Waals surface area contributed by atoms with E-state index in [4.69, 9.17) is 0 Å². The maximum atomic E-state index is 13.7. The van der Waals surface area contributed by atoms with Gasteiger partial charge in [-0.2, -0.15) is 0 Å². The van der Waals surface area contributed by atoms with Crippen LogP contribution >= 0.6 is 0 Å². The molecule has 1 saturated carbocycles. The van der Waals surface area contributed by atoms with E-state index in [1.807, 2.05) is 61.5 Å². The first-order valence-electron chi connectivity index (χ1n) is 14.6. The minimum Gasteiger partial charge on any atom is -0.352 e. The molecule has 3 aromatic rings. The molecule has 5 rings (SSSR count). The lowest BCUT2D eigenvalue weighted by molar-refractivity contribution is -0.141. The van der Waals surface area contributed by atoms with Crippen molar-refractivity contribution in [2.75, 3.05) is 17.4 Å². The smallest absolute Gasteiger partial charge is 0.265 e. The Balaban J connectivity index is 1.29. The van der Waals surface area contributed by atoms with Gasteiger partial charge in [0, 0.05) is 30.9 Å². The summed E-state index contributed by atoms with van der Waals surface area (Å²) in [5.41, 5.74) is 1.77. The first-order valence-corrected chi connectivity index (χ1v) is 16.0. The molecular formula is C32H39N3O4S. The van der Waals surface area contributed by atoms with Gasteiger partial charge in [0.1, 0.15) is 6.04 Å². The van der Waals surface area contributed by atoms with Crippen LogP contribution in [0.5, 0.6) is 0 Å². The number of hydrogen-bond acceptors (Lipinski definition) is 4. The summed E-state index contributed by atoms with van der Waals surface area (Å²) in [4.78, 5) is 29.1. The van der Waals surface area contributed by atoms with E-state index in [2.05, 4.69) is 5.32 Å². The Labute approximate surface area is 237 Å². The van der Waals surface area contributed by atoms with E-state index in [-0.39, 0.29) is 30.8 Å². The monoisotopic (exact) mass is 561 g/mol. The molecule has 1 aliphatic heterocycles. The Bertz CT molecular complexity index is 1450. The van der Waals surface area contributed by atoms with Crippen molar-refractivity contribution in [3.05, 3.63) is 72.3 Å². The summed E-state index contributed by atoms with van der Waals surface area (Å²) in [5.74, 6) is -0.200. The van der Waals surface area contributed by atoms with Gasteiger partial charge in [0.2, 0.25) is 11.8 Å². The molecule has 2 amide bonds. The van der Waals surface area contributed by atoms with E-state index >= 15 is 0 Å². The van der Waals surface area contributed by atoms with Gasteiger partial charge >= 0.3 is 0 Å². The number of carbonyl (C=O) groups excluding carboxylic acids is 2. The molecule has 40 heavy (non-hydrogen) atoms. The summed E-state index contributed by atoms with van der Waals surface area (Å²) in [5, 5.41) is 4.85. The van der Waals surface area contributed by atoms with Crippen molar-refractivity contribution in [2.24, 2.45) is 0 Å². The fraction of sp³-hybridized carbons (Fsp3) is 0.438. The first kappa shape index (κ1) is 28.1. The van der Waals surface area contributed by atoms with Gasteiger partial charge in [-0.1, -0.05) is 80.8 Å². The van der Waals surface area contributed by atoms with Crippen molar-refractivity contribution in [1.82, 2.24) is 10.2 Å². The maximum Gasteiger partial charge on any atom is 0.265 e. The van der Waals surface area contributed by atoms with E-state index in [0.717, 1.165) is 42.0 Å². The van der Waals surface area contributed by atoms with E-state index in [1.165, 1.54) is 10.7 Å². The minimum atomic E-state index is -3.67. The number of rotatable bonds is 11. The van der Waals surface area contributed by atoms with Crippen molar-refractivity contribution in [3.63, 3.8) is 0 Å². The Morgan fingerprint density at radius 1 is 0.975 bits per heavy atom. The lowest BCUT2D eigenvalue weighted by Gasteiger charge is -2.33. The fourth-order valence-corrected chi connectivity index (χ4v) is 7.91. The van der Waals surface area contributed by atoms with Gasteiger partial charge in [-0.05, 0) is 55.2 Å². The average molecular weight is 562 g/mol. The van der Waals surface area contributed by atoms with Gasteiger partial charge in [0.05, 0.1) is 10.6 Å². The molecule has 7 nitrogen and oxygen atoms in total. The lowest BCUT2D eigenvalue weighted by atomic mass is 9.95. The van der Waals surface area contributed by atoms with Crippen LogP contribution in [0.1, 0.15) is 63.9 Å². The largest absolute Gasteiger partial charge is 0.352 e. The van der Waals surface area contributed by atoms with E-state index in [0.29, 0.717) is 36.4 Å². The molecule has 2 aliphatic rings. The highest BCUT2D eigenvalue weighted by molar-refractivity contribution is 7.93. The fourth-order valence-electron chi connectivity index (χ4n) is 6.16. The van der Waals surface area contributed by atoms with Crippen molar-refractivity contribution < 1.29 is 18.0 Å². The highest BCUT2D eigenvalue weighted by Crippen LogP contribution is 2.42. The summed E-state index contributed by atoms with van der Waals surface area (Å²) in [6, 6.07) is 20.5. The maximum absolute atomic E-state index is 13.7. The summed E-state index contributed by atoms with van der Waals surface area (Å²) < 4.78 is 28.1. The van der Waals surface area contributed by atoms with Crippen molar-refractivity contribution in [3.8, 4) is 0 Å². The van der Waals surface area contributed by atoms with Gasteiger partial charge in [0.15, 0.2) is 0 Å². The summed E-state index contributed by atoms with van der Waals surface area (Å²) in [6.07, 6.45) is 7.13. The quantitative estimate of drug-likeness (QED) is 0.338. The second kappa shape index (κ2) is 12.4. The van der Waals surface area contributed by atoms with Gasteiger partial charge in [-0.15, -0.1) is 0 Å². The van der Waals surface area contributed by atoms with Crippen LogP contribution in [0.4, 0.5) is 5.69 Å². The number of carbonyl (C=O) groups is 2. The number of nitrogens with zero attached hydrogens (tertiary/aromatic N) is 2. The third-order valence-corrected chi connectivity index (χ3v) is 10.1. The number of hydrogen-bond donors (Lipinski definition) is 1. The first-order chi connectivity index (χ1) is 19.4. The molecule has 1 atom stereocenters. The molecule has 0 bridgehead atoms. The molecule has 1 aliphatic carbocycles. The zero-order valence-electron chi connectivity index (χ0n) is 23.2. The molecule has 212 valence electrons. The van der Waals surface area contributed by atoms with Gasteiger partial charge in [0.25, 0.3) is 10.0 Å². The van der Waals surface area contributed by atoms with E-state index in [9.17, 15) is 18.0 Å². The van der Waals surface area contributed by atoms with Crippen LogP contribution in [0, 0.1) is 0 Å². The van der Waals surface area contributed by atoms with Crippen LogP contribution in [-0.4, -0.2) is 50.3 Å². The summed E-state index contributed by atoms with van der Waals surface area (Å²) in [7, 11) is -3.67. The van der Waals surface area contributed by atoms with E-state index < -0.39 is 16.1 Å². The van der Waals surface area contributed by atoms with Gasteiger partial charge in [-0.3, -0.25) is 13.9 Å². The minimum absolute atomic E-state index is 0.0833. The molecule has 1 heterocycles. The Hall–Kier alpha value is -3.39. The number of sulfonamides is 1. The van der Waals surface area contributed by atoms with Crippen LogP contribution < -0.4 is 9.62 Å². The second-order valence-electron chi connectivity index (χ2n) is 10.9. The molecule has 0 saturated heterocycles. The third kappa shape index (κ3) is 5.87. The number of amides is 2. The van der Waals surface area contributed by atoms with Crippen molar-refractivity contribution in [1.29, 1.82) is 0 Å². The molecule has 1 N–H and O–H groups in total.